The van der Waals surface area contributed by atoms with Crippen LogP contribution in [0.15, 0.2) is 0 Å². The first kappa shape index (κ1) is 12.4. The highest BCUT2D eigenvalue weighted by Crippen LogP contribution is 2.60. The second kappa shape index (κ2) is 3.94. The first-order valence-corrected chi connectivity index (χ1v) is 7.01. The molecular formula is C14H22O4. The van der Waals surface area contributed by atoms with Crippen LogP contribution in [0.2, 0.25) is 0 Å². The van der Waals surface area contributed by atoms with Gasteiger partial charge < -0.3 is 14.9 Å². The van der Waals surface area contributed by atoms with Crippen molar-refractivity contribution < 1.29 is 19.7 Å². The van der Waals surface area contributed by atoms with Crippen LogP contribution in [0, 0.1) is 23.2 Å². The van der Waals surface area contributed by atoms with Crippen molar-refractivity contribution in [2.75, 3.05) is 0 Å². The summed E-state index contributed by atoms with van der Waals surface area (Å²) >= 11 is 0. The van der Waals surface area contributed by atoms with E-state index in [1.165, 1.54) is 0 Å². The molecule has 2 N–H and O–H groups in total. The van der Waals surface area contributed by atoms with Crippen molar-refractivity contribution in [2.24, 2.45) is 23.2 Å². The van der Waals surface area contributed by atoms with Gasteiger partial charge in [-0.25, -0.2) is 0 Å². The summed E-state index contributed by atoms with van der Waals surface area (Å²) in [5.41, 5.74) is -0.736. The number of hydrogen-bond acceptors (Lipinski definition) is 4. The van der Waals surface area contributed by atoms with Crippen LogP contribution in [0.3, 0.4) is 0 Å². The molecule has 0 aromatic carbocycles. The van der Waals surface area contributed by atoms with Gasteiger partial charge in [-0.3, -0.25) is 4.79 Å². The van der Waals surface area contributed by atoms with E-state index in [0.717, 1.165) is 19.3 Å². The van der Waals surface area contributed by atoms with Gasteiger partial charge >= 0.3 is 5.97 Å². The maximum Gasteiger partial charge on any atom is 0.315 e. The Morgan fingerprint density at radius 3 is 2.67 bits per heavy atom. The van der Waals surface area contributed by atoms with Crippen molar-refractivity contribution in [3.8, 4) is 0 Å². The molecule has 0 aromatic rings. The molecule has 0 aliphatic heterocycles. The van der Waals surface area contributed by atoms with E-state index < -0.39 is 17.6 Å². The van der Waals surface area contributed by atoms with Crippen LogP contribution in [0.25, 0.3) is 0 Å². The fraction of sp³-hybridized carbons (Fsp3) is 0.929. The van der Waals surface area contributed by atoms with Crippen LogP contribution in [0.1, 0.15) is 39.5 Å². The highest BCUT2D eigenvalue weighted by molar-refractivity contribution is 5.78. The number of rotatable bonds is 2. The van der Waals surface area contributed by atoms with E-state index in [2.05, 4.69) is 0 Å². The average Bonchev–Trinajstić information content (AvgIpc) is 2.30. The van der Waals surface area contributed by atoms with Crippen molar-refractivity contribution in [1.82, 2.24) is 0 Å². The molecule has 0 aromatic heterocycles. The Labute approximate surface area is 107 Å². The zero-order valence-corrected chi connectivity index (χ0v) is 11.0. The Hall–Kier alpha value is -0.610. The van der Waals surface area contributed by atoms with Gasteiger partial charge in [-0.15, -0.1) is 0 Å². The van der Waals surface area contributed by atoms with E-state index in [-0.39, 0.29) is 23.9 Å². The normalized spacial score (nSPS) is 49.7. The summed E-state index contributed by atoms with van der Waals surface area (Å²) in [5.74, 6) is 0.262. The Balaban J connectivity index is 1.90. The van der Waals surface area contributed by atoms with Gasteiger partial charge in [0.1, 0.15) is 0 Å². The minimum absolute atomic E-state index is 0.129. The third-order valence-electron chi connectivity index (χ3n) is 5.16. The zero-order valence-electron chi connectivity index (χ0n) is 11.0. The summed E-state index contributed by atoms with van der Waals surface area (Å²) in [5, 5.41) is 20.6. The van der Waals surface area contributed by atoms with E-state index in [1.807, 2.05) is 13.8 Å². The lowest BCUT2D eigenvalue weighted by molar-refractivity contribution is -0.224. The van der Waals surface area contributed by atoms with Gasteiger partial charge in [-0.05, 0) is 51.4 Å². The standard InChI is InChI=1S/C14H22O4/c1-7(2)18-13(17)14-5-8-3-9(6-14)11(15)10(4-8)12(14)16/h7-12,15-16H,3-6H2,1-2H3. The summed E-state index contributed by atoms with van der Waals surface area (Å²) in [4.78, 5) is 12.4. The van der Waals surface area contributed by atoms with Gasteiger partial charge in [0.15, 0.2) is 0 Å². The van der Waals surface area contributed by atoms with Gasteiger partial charge in [-0.2, -0.15) is 0 Å². The summed E-state index contributed by atoms with van der Waals surface area (Å²) < 4.78 is 5.36. The first-order chi connectivity index (χ1) is 8.44. The summed E-state index contributed by atoms with van der Waals surface area (Å²) in [6.45, 7) is 3.67. The minimum atomic E-state index is -0.736. The Bertz CT molecular complexity index is 367. The van der Waals surface area contributed by atoms with E-state index in [0.29, 0.717) is 12.3 Å². The lowest BCUT2D eigenvalue weighted by Crippen LogP contribution is -2.64. The molecule has 4 heteroatoms. The zero-order chi connectivity index (χ0) is 13.1. The third kappa shape index (κ3) is 1.55. The molecule has 6 unspecified atom stereocenters. The smallest absolute Gasteiger partial charge is 0.315 e. The summed E-state index contributed by atoms with van der Waals surface area (Å²) in [6, 6.07) is 0. The van der Waals surface area contributed by atoms with E-state index >= 15 is 0 Å². The number of hydrogen-bond donors (Lipinski definition) is 2. The lowest BCUT2D eigenvalue weighted by atomic mass is 9.47. The van der Waals surface area contributed by atoms with Crippen molar-refractivity contribution in [1.29, 1.82) is 0 Å². The molecule has 102 valence electrons. The molecule has 0 spiro atoms. The Morgan fingerprint density at radius 2 is 2.00 bits per heavy atom. The molecule has 0 amide bonds. The summed E-state index contributed by atoms with van der Waals surface area (Å²) in [7, 11) is 0. The highest BCUT2D eigenvalue weighted by atomic mass is 16.5. The molecule has 0 radical (unpaired) electrons. The fourth-order valence-electron chi connectivity index (χ4n) is 4.56. The Kier molecular flexibility index (Phi) is 2.72. The van der Waals surface area contributed by atoms with Crippen molar-refractivity contribution in [3.05, 3.63) is 0 Å². The number of carbonyl (C=O) groups is 1. The van der Waals surface area contributed by atoms with Gasteiger partial charge in [0.25, 0.3) is 0 Å². The number of aliphatic hydroxyl groups excluding tert-OH is 2. The van der Waals surface area contributed by atoms with Gasteiger partial charge in [0.05, 0.1) is 23.7 Å². The van der Waals surface area contributed by atoms with Crippen LogP contribution >= 0.6 is 0 Å². The predicted octanol–water partition coefficient (Wildman–Crippen LogP) is 1.10. The van der Waals surface area contributed by atoms with Gasteiger partial charge in [0.2, 0.25) is 0 Å². The lowest BCUT2D eigenvalue weighted by Gasteiger charge is -2.59. The molecule has 4 rings (SSSR count). The topological polar surface area (TPSA) is 66.8 Å². The molecule has 4 aliphatic rings. The van der Waals surface area contributed by atoms with Gasteiger partial charge in [-0.1, -0.05) is 0 Å². The number of carbonyl (C=O) groups excluding carboxylic acids is 1. The number of ether oxygens (including phenoxy) is 1. The quantitative estimate of drug-likeness (QED) is 0.724. The van der Waals surface area contributed by atoms with Crippen LogP contribution in [0.5, 0.6) is 0 Å². The second-order valence-electron chi connectivity index (χ2n) is 6.72. The molecule has 18 heavy (non-hydrogen) atoms. The molecular weight excluding hydrogens is 232 g/mol. The monoisotopic (exact) mass is 254 g/mol. The number of aliphatic hydroxyl groups is 2. The molecule has 0 saturated heterocycles. The van der Waals surface area contributed by atoms with Crippen molar-refractivity contribution >= 4 is 5.97 Å². The molecule has 4 aliphatic carbocycles. The maximum absolute atomic E-state index is 12.4. The van der Waals surface area contributed by atoms with Gasteiger partial charge in [0, 0.05) is 5.92 Å². The predicted molar refractivity (Wildman–Crippen MR) is 64.6 cm³/mol. The molecule has 4 fully saturated rings. The van der Waals surface area contributed by atoms with E-state index in [9.17, 15) is 15.0 Å². The van der Waals surface area contributed by atoms with E-state index in [1.54, 1.807) is 0 Å². The largest absolute Gasteiger partial charge is 0.462 e. The molecule has 0 heterocycles. The van der Waals surface area contributed by atoms with Crippen molar-refractivity contribution in [2.45, 2.75) is 57.8 Å². The van der Waals surface area contributed by atoms with Crippen LogP contribution in [0.4, 0.5) is 0 Å². The maximum atomic E-state index is 12.4. The molecule has 4 nitrogen and oxygen atoms in total. The van der Waals surface area contributed by atoms with Crippen LogP contribution in [-0.2, 0) is 9.53 Å². The van der Waals surface area contributed by atoms with E-state index in [4.69, 9.17) is 4.74 Å². The molecule has 6 atom stereocenters. The summed E-state index contributed by atoms with van der Waals surface area (Å²) in [6.07, 6.45) is 1.87. The molecule has 4 saturated carbocycles. The second-order valence-corrected chi connectivity index (χ2v) is 6.72. The third-order valence-corrected chi connectivity index (χ3v) is 5.16. The van der Waals surface area contributed by atoms with Crippen molar-refractivity contribution in [3.63, 3.8) is 0 Å². The minimum Gasteiger partial charge on any atom is -0.462 e. The number of esters is 1. The van der Waals surface area contributed by atoms with Crippen LogP contribution < -0.4 is 0 Å². The SMILES string of the molecule is CC(C)OC(=O)C12CC3CC(C1)C(O)C(C3)C2O. The highest BCUT2D eigenvalue weighted by Gasteiger charge is 2.64. The van der Waals surface area contributed by atoms with Crippen LogP contribution in [-0.4, -0.2) is 34.5 Å². The first-order valence-electron chi connectivity index (χ1n) is 7.01. The fourth-order valence-corrected chi connectivity index (χ4v) is 4.56. The molecule has 4 bridgehead atoms. The average molecular weight is 254 g/mol. The Morgan fingerprint density at radius 1 is 1.28 bits per heavy atom.